The van der Waals surface area contributed by atoms with Crippen LogP contribution < -0.4 is 16.1 Å². The molecule has 29 heavy (non-hydrogen) atoms. The molecule has 0 saturated heterocycles. The number of rotatable bonds is 2. The Kier molecular flexibility index (Phi) is 3.98. The number of aromatic hydroxyl groups is 1. The monoisotopic (exact) mass is 391 g/mol. The van der Waals surface area contributed by atoms with Gasteiger partial charge in [-0.1, -0.05) is 12.1 Å². The van der Waals surface area contributed by atoms with Crippen LogP contribution in [-0.4, -0.2) is 10.0 Å². The normalized spacial score (nSPS) is 15.5. The minimum Gasteiger partial charge on any atom is -0.507 e. The number of aryl methyl sites for hydroxylation is 1. The lowest BCUT2D eigenvalue weighted by Gasteiger charge is -2.28. The van der Waals surface area contributed by atoms with Crippen molar-refractivity contribution in [1.82, 2.24) is 0 Å². The average molecular weight is 391 g/mol. The van der Waals surface area contributed by atoms with Gasteiger partial charge in [-0.15, -0.1) is 0 Å². The summed E-state index contributed by atoms with van der Waals surface area (Å²) in [5.74, 6) is -1.08. The van der Waals surface area contributed by atoms with E-state index in [1.54, 1.807) is 6.92 Å². The molecular weight excluding hydrogens is 378 g/mol. The molecule has 0 spiro atoms. The summed E-state index contributed by atoms with van der Waals surface area (Å²) in [5.41, 5.74) is 6.76. The summed E-state index contributed by atoms with van der Waals surface area (Å²) < 4.78 is 10.8. The van der Waals surface area contributed by atoms with Crippen molar-refractivity contribution in [2.75, 3.05) is 0 Å². The maximum Gasteiger partial charge on any atom is 0.336 e. The summed E-state index contributed by atoms with van der Waals surface area (Å²) in [6.07, 6.45) is 0. The van der Waals surface area contributed by atoms with Crippen molar-refractivity contribution in [2.45, 2.75) is 12.8 Å². The fourth-order valence-corrected chi connectivity index (χ4v) is 3.56. The van der Waals surface area contributed by atoms with Crippen LogP contribution in [0.4, 0.5) is 5.69 Å². The molecule has 3 aromatic rings. The van der Waals surface area contributed by atoms with Crippen molar-refractivity contribution in [3.05, 3.63) is 85.1 Å². The van der Waals surface area contributed by atoms with Crippen LogP contribution >= 0.6 is 0 Å². The highest BCUT2D eigenvalue weighted by Gasteiger charge is 2.35. The SMILES string of the molecule is Cc1cc(=O)oc2cc(O)c3c(c12)OC(N)=C(C#N)C3c1ccc([N+](=O)[O-])cc1. The summed E-state index contributed by atoms with van der Waals surface area (Å²) >= 11 is 0. The van der Waals surface area contributed by atoms with Crippen LogP contribution in [-0.2, 0) is 0 Å². The number of nitriles is 1. The number of allylic oxidation sites excluding steroid dienone is 1. The maximum absolute atomic E-state index is 11.7. The minimum absolute atomic E-state index is 0.0519. The topological polar surface area (TPSA) is 153 Å². The zero-order valence-electron chi connectivity index (χ0n) is 15.0. The molecule has 4 rings (SSSR count). The van der Waals surface area contributed by atoms with Gasteiger partial charge in [0.25, 0.3) is 5.69 Å². The van der Waals surface area contributed by atoms with Gasteiger partial charge < -0.3 is 20.0 Å². The van der Waals surface area contributed by atoms with Crippen LogP contribution in [0.15, 0.2) is 57.1 Å². The van der Waals surface area contributed by atoms with E-state index in [0.29, 0.717) is 16.5 Å². The number of ether oxygens (including phenoxy) is 1. The zero-order chi connectivity index (χ0) is 20.9. The fourth-order valence-electron chi connectivity index (χ4n) is 3.56. The molecule has 1 aliphatic heterocycles. The molecule has 0 amide bonds. The summed E-state index contributed by atoms with van der Waals surface area (Å²) in [6.45, 7) is 1.68. The van der Waals surface area contributed by atoms with E-state index in [9.17, 15) is 25.3 Å². The zero-order valence-corrected chi connectivity index (χ0v) is 15.0. The number of nitrogens with two attached hydrogens (primary N) is 1. The Hall–Kier alpha value is -4.32. The molecule has 3 N–H and O–H groups in total. The first-order chi connectivity index (χ1) is 13.8. The Bertz CT molecular complexity index is 1320. The van der Waals surface area contributed by atoms with Crippen molar-refractivity contribution in [1.29, 1.82) is 5.26 Å². The number of nitro groups is 1. The van der Waals surface area contributed by atoms with E-state index >= 15 is 0 Å². The van der Waals surface area contributed by atoms with E-state index in [2.05, 4.69) is 0 Å². The number of nitro benzene ring substituents is 1. The summed E-state index contributed by atoms with van der Waals surface area (Å²) in [6, 6.07) is 10.1. The van der Waals surface area contributed by atoms with Gasteiger partial charge in [0.1, 0.15) is 28.7 Å². The number of benzene rings is 2. The molecule has 1 aliphatic rings. The minimum atomic E-state index is -0.819. The third-order valence-electron chi connectivity index (χ3n) is 4.81. The molecule has 2 heterocycles. The Balaban J connectivity index is 2.05. The molecule has 1 atom stereocenters. The first-order valence-corrected chi connectivity index (χ1v) is 8.44. The van der Waals surface area contributed by atoms with E-state index < -0.39 is 16.5 Å². The van der Waals surface area contributed by atoms with Gasteiger partial charge in [0.05, 0.1) is 21.8 Å². The van der Waals surface area contributed by atoms with Crippen LogP contribution in [0, 0.1) is 28.4 Å². The first-order valence-electron chi connectivity index (χ1n) is 8.44. The van der Waals surface area contributed by atoms with Crippen molar-refractivity contribution in [2.24, 2.45) is 5.73 Å². The Morgan fingerprint density at radius 1 is 1.28 bits per heavy atom. The standard InChI is InChI=1S/C20H13N3O6/c1-9-6-15(25)28-14-7-13(24)18-17(10-2-4-11(5-3-10)23(26)27)12(8-21)20(22)29-19(18)16(9)14/h2-7,17,24H,22H2,1H3. The Morgan fingerprint density at radius 3 is 2.59 bits per heavy atom. The van der Waals surface area contributed by atoms with Gasteiger partial charge in [0, 0.05) is 24.3 Å². The highest BCUT2D eigenvalue weighted by molar-refractivity contribution is 5.91. The molecule has 2 aromatic carbocycles. The molecule has 1 aromatic heterocycles. The van der Waals surface area contributed by atoms with Crippen molar-refractivity contribution >= 4 is 16.7 Å². The fraction of sp³-hybridized carbons (Fsp3) is 0.100. The molecule has 1 unspecified atom stereocenters. The van der Waals surface area contributed by atoms with E-state index in [1.165, 1.54) is 36.4 Å². The quantitative estimate of drug-likeness (QED) is 0.384. The van der Waals surface area contributed by atoms with Gasteiger partial charge in [-0.05, 0) is 18.1 Å². The maximum atomic E-state index is 11.7. The molecule has 0 saturated carbocycles. The number of nitrogens with zero attached hydrogens (tertiary/aromatic N) is 2. The summed E-state index contributed by atoms with van der Waals surface area (Å²) in [4.78, 5) is 22.1. The molecule has 0 aliphatic carbocycles. The second-order valence-electron chi connectivity index (χ2n) is 6.53. The van der Waals surface area contributed by atoms with Crippen LogP contribution in [0.5, 0.6) is 11.5 Å². The van der Waals surface area contributed by atoms with Crippen molar-refractivity contribution < 1.29 is 19.2 Å². The number of non-ortho nitro benzene ring substituents is 1. The lowest BCUT2D eigenvalue weighted by atomic mass is 9.82. The van der Waals surface area contributed by atoms with Gasteiger partial charge >= 0.3 is 5.63 Å². The highest BCUT2D eigenvalue weighted by Crippen LogP contribution is 2.50. The van der Waals surface area contributed by atoms with E-state index in [-0.39, 0.29) is 39.8 Å². The van der Waals surface area contributed by atoms with Crippen molar-refractivity contribution in [3.8, 4) is 17.6 Å². The van der Waals surface area contributed by atoms with Gasteiger partial charge in [0.15, 0.2) is 0 Å². The molecule has 9 nitrogen and oxygen atoms in total. The molecule has 9 heteroatoms. The predicted molar refractivity (Wildman–Crippen MR) is 101 cm³/mol. The number of phenols is 1. The third-order valence-corrected chi connectivity index (χ3v) is 4.81. The average Bonchev–Trinajstić information content (AvgIpc) is 2.66. The van der Waals surface area contributed by atoms with E-state index in [1.807, 2.05) is 6.07 Å². The molecule has 0 fully saturated rings. The van der Waals surface area contributed by atoms with Gasteiger partial charge in [0.2, 0.25) is 5.88 Å². The molecule has 0 bridgehead atoms. The lowest BCUT2D eigenvalue weighted by molar-refractivity contribution is -0.384. The van der Waals surface area contributed by atoms with Crippen LogP contribution in [0.2, 0.25) is 0 Å². The Labute approximate surface area is 163 Å². The molecular formula is C20H13N3O6. The van der Waals surface area contributed by atoms with E-state index in [0.717, 1.165) is 0 Å². The van der Waals surface area contributed by atoms with Crippen molar-refractivity contribution in [3.63, 3.8) is 0 Å². The van der Waals surface area contributed by atoms with Gasteiger partial charge in [-0.25, -0.2) is 4.79 Å². The lowest BCUT2D eigenvalue weighted by Crippen LogP contribution is -2.21. The Morgan fingerprint density at radius 2 is 1.97 bits per heavy atom. The number of hydrogen-bond donors (Lipinski definition) is 2. The second kappa shape index (κ2) is 6.38. The number of phenolic OH excluding ortho intramolecular Hbond substituents is 1. The molecule has 0 radical (unpaired) electrons. The van der Waals surface area contributed by atoms with Gasteiger partial charge in [-0.2, -0.15) is 5.26 Å². The summed E-state index contributed by atoms with van der Waals surface area (Å²) in [5, 5.41) is 31.7. The van der Waals surface area contributed by atoms with E-state index in [4.69, 9.17) is 14.9 Å². The third kappa shape index (κ3) is 2.74. The predicted octanol–water partition coefficient (Wildman–Crippen LogP) is 2.93. The smallest absolute Gasteiger partial charge is 0.336 e. The van der Waals surface area contributed by atoms with Gasteiger partial charge in [-0.3, -0.25) is 10.1 Å². The first kappa shape index (κ1) is 18.1. The number of fused-ring (bicyclic) bond motifs is 3. The largest absolute Gasteiger partial charge is 0.507 e. The molecule has 144 valence electrons. The summed E-state index contributed by atoms with van der Waals surface area (Å²) in [7, 11) is 0. The highest BCUT2D eigenvalue weighted by atomic mass is 16.6. The van der Waals surface area contributed by atoms with Crippen LogP contribution in [0.25, 0.3) is 11.0 Å². The van der Waals surface area contributed by atoms with Crippen LogP contribution in [0.1, 0.15) is 22.6 Å². The second-order valence-corrected chi connectivity index (χ2v) is 6.53. The number of hydrogen-bond acceptors (Lipinski definition) is 8. The van der Waals surface area contributed by atoms with Crippen LogP contribution in [0.3, 0.4) is 0 Å².